The number of nitrogens with one attached hydrogen (secondary N) is 1. The highest BCUT2D eigenvalue weighted by Gasteiger charge is 2.40. The van der Waals surface area contributed by atoms with Crippen LogP contribution in [0.15, 0.2) is 48.7 Å². The fraction of sp³-hybridized carbons (Fsp3) is 0.400. The third-order valence-electron chi connectivity index (χ3n) is 4.98. The first-order valence-electron chi connectivity index (χ1n) is 8.86. The molecule has 0 unspecified atom stereocenters. The second kappa shape index (κ2) is 7.55. The van der Waals surface area contributed by atoms with E-state index < -0.39 is 11.5 Å². The van der Waals surface area contributed by atoms with Crippen LogP contribution >= 0.6 is 0 Å². The molecule has 5 heteroatoms. The van der Waals surface area contributed by atoms with E-state index >= 15 is 0 Å². The lowest BCUT2D eigenvalue weighted by Crippen LogP contribution is -2.54. The number of rotatable bonds is 5. The Labute approximate surface area is 147 Å². The Kier molecular flexibility index (Phi) is 5.22. The van der Waals surface area contributed by atoms with E-state index in [2.05, 4.69) is 5.32 Å². The van der Waals surface area contributed by atoms with Crippen LogP contribution in [0.25, 0.3) is 0 Å². The van der Waals surface area contributed by atoms with E-state index in [0.717, 1.165) is 31.2 Å². The zero-order chi connectivity index (χ0) is 17.7. The van der Waals surface area contributed by atoms with Crippen molar-refractivity contribution in [2.45, 2.75) is 50.6 Å². The normalized spacial score (nSPS) is 16.8. The first-order valence-corrected chi connectivity index (χ1v) is 8.86. The minimum atomic E-state index is -1.14. The van der Waals surface area contributed by atoms with Gasteiger partial charge in [-0.15, -0.1) is 0 Å². The van der Waals surface area contributed by atoms with Gasteiger partial charge in [0.05, 0.1) is 0 Å². The Morgan fingerprint density at radius 2 is 1.68 bits per heavy atom. The van der Waals surface area contributed by atoms with Gasteiger partial charge in [0.1, 0.15) is 11.2 Å². The Morgan fingerprint density at radius 1 is 1.00 bits per heavy atom. The second-order valence-electron chi connectivity index (χ2n) is 6.76. The summed E-state index contributed by atoms with van der Waals surface area (Å²) in [4.78, 5) is 24.7. The Hall–Kier alpha value is -2.56. The number of hydrogen-bond donors (Lipinski definition) is 2. The molecule has 1 saturated carbocycles. The van der Waals surface area contributed by atoms with Gasteiger partial charge in [0.25, 0.3) is 5.91 Å². The summed E-state index contributed by atoms with van der Waals surface area (Å²) in [6.07, 6.45) is 6.54. The molecule has 5 nitrogen and oxygen atoms in total. The first kappa shape index (κ1) is 17.3. The molecule has 1 amide bonds. The van der Waals surface area contributed by atoms with Crippen LogP contribution in [0.3, 0.4) is 0 Å². The number of benzene rings is 1. The highest BCUT2D eigenvalue weighted by atomic mass is 16.4. The minimum absolute atomic E-state index is 0.315. The Bertz CT molecular complexity index is 728. The average molecular weight is 340 g/mol. The third-order valence-corrected chi connectivity index (χ3v) is 4.98. The highest BCUT2D eigenvalue weighted by Crippen LogP contribution is 2.28. The molecule has 0 spiro atoms. The van der Waals surface area contributed by atoms with E-state index in [-0.39, 0.29) is 5.91 Å². The molecule has 2 aromatic rings. The van der Waals surface area contributed by atoms with Gasteiger partial charge in [0, 0.05) is 12.7 Å². The molecule has 3 rings (SSSR count). The van der Waals surface area contributed by atoms with Crippen molar-refractivity contribution in [1.29, 1.82) is 0 Å². The van der Waals surface area contributed by atoms with Crippen molar-refractivity contribution in [3.63, 3.8) is 0 Å². The smallest absolute Gasteiger partial charge is 0.329 e. The molecule has 25 heavy (non-hydrogen) atoms. The van der Waals surface area contributed by atoms with Crippen molar-refractivity contribution in [3.8, 4) is 0 Å². The Morgan fingerprint density at radius 3 is 2.32 bits per heavy atom. The molecule has 0 bridgehead atoms. The number of hydrogen-bond acceptors (Lipinski definition) is 2. The highest BCUT2D eigenvalue weighted by molar-refractivity contribution is 5.96. The topological polar surface area (TPSA) is 71.3 Å². The molecular weight excluding hydrogens is 316 g/mol. The van der Waals surface area contributed by atoms with Gasteiger partial charge < -0.3 is 15.0 Å². The molecular formula is C20H24N2O3. The van der Waals surface area contributed by atoms with Crippen LogP contribution in [0.2, 0.25) is 0 Å². The van der Waals surface area contributed by atoms with Gasteiger partial charge >= 0.3 is 5.97 Å². The van der Waals surface area contributed by atoms with Crippen molar-refractivity contribution >= 4 is 11.9 Å². The lowest BCUT2D eigenvalue weighted by atomic mass is 9.90. The number of carbonyl (C=O) groups excluding carboxylic acids is 1. The van der Waals surface area contributed by atoms with Gasteiger partial charge in [-0.3, -0.25) is 4.79 Å². The summed E-state index contributed by atoms with van der Waals surface area (Å²) >= 11 is 0. The van der Waals surface area contributed by atoms with Crippen LogP contribution in [0.1, 0.15) is 54.6 Å². The van der Waals surface area contributed by atoms with E-state index in [1.54, 1.807) is 6.07 Å². The fourth-order valence-electron chi connectivity index (χ4n) is 3.54. The van der Waals surface area contributed by atoms with E-state index in [4.69, 9.17) is 0 Å². The second-order valence-corrected chi connectivity index (χ2v) is 6.76. The van der Waals surface area contributed by atoms with E-state index in [9.17, 15) is 14.7 Å². The van der Waals surface area contributed by atoms with Crippen molar-refractivity contribution in [2.75, 3.05) is 0 Å². The van der Waals surface area contributed by atoms with Gasteiger partial charge in [-0.05, 0) is 30.5 Å². The molecule has 1 aromatic heterocycles. The predicted octanol–water partition coefficient (Wildman–Crippen LogP) is 3.44. The number of carbonyl (C=O) groups is 2. The molecule has 1 aliphatic carbocycles. The molecule has 0 radical (unpaired) electrons. The van der Waals surface area contributed by atoms with Crippen LogP contribution in [-0.2, 0) is 11.3 Å². The number of amides is 1. The predicted molar refractivity (Wildman–Crippen MR) is 95.5 cm³/mol. The lowest BCUT2D eigenvalue weighted by molar-refractivity contribution is -0.145. The number of nitrogens with zero attached hydrogens (tertiary/aromatic N) is 1. The van der Waals surface area contributed by atoms with E-state index in [0.29, 0.717) is 25.1 Å². The third kappa shape index (κ3) is 3.92. The Balaban J connectivity index is 1.79. The number of carboxylic acid groups (broad SMARTS) is 1. The summed E-state index contributed by atoms with van der Waals surface area (Å²) in [6, 6.07) is 13.4. The molecule has 1 fully saturated rings. The van der Waals surface area contributed by atoms with Crippen LogP contribution in [-0.4, -0.2) is 27.1 Å². The maximum Gasteiger partial charge on any atom is 0.329 e. The largest absolute Gasteiger partial charge is 0.480 e. The lowest BCUT2D eigenvalue weighted by Gasteiger charge is -2.29. The maximum atomic E-state index is 12.8. The summed E-state index contributed by atoms with van der Waals surface area (Å²) in [7, 11) is 0. The first-order chi connectivity index (χ1) is 12.1. The quantitative estimate of drug-likeness (QED) is 0.819. The molecule has 132 valence electrons. The van der Waals surface area contributed by atoms with Crippen LogP contribution in [0.5, 0.6) is 0 Å². The van der Waals surface area contributed by atoms with Crippen LogP contribution in [0, 0.1) is 0 Å². The summed E-state index contributed by atoms with van der Waals surface area (Å²) in [6.45, 7) is 0.580. The molecule has 0 aliphatic heterocycles. The number of aliphatic carboxylic acids is 1. The maximum absolute atomic E-state index is 12.8. The van der Waals surface area contributed by atoms with Crippen LogP contribution < -0.4 is 5.32 Å². The minimum Gasteiger partial charge on any atom is -0.480 e. The SMILES string of the molecule is O=C(NC1(C(=O)O)CCCCCC1)c1cccn1Cc1ccccc1. The van der Waals surface area contributed by atoms with Gasteiger partial charge in [-0.1, -0.05) is 56.0 Å². The van der Waals surface area contributed by atoms with E-state index in [1.165, 1.54) is 0 Å². The van der Waals surface area contributed by atoms with Gasteiger partial charge in [0.2, 0.25) is 0 Å². The van der Waals surface area contributed by atoms with Crippen molar-refractivity contribution < 1.29 is 14.7 Å². The molecule has 1 aromatic carbocycles. The van der Waals surface area contributed by atoms with Gasteiger partial charge in [-0.25, -0.2) is 4.79 Å². The van der Waals surface area contributed by atoms with Crippen LogP contribution in [0.4, 0.5) is 0 Å². The monoisotopic (exact) mass is 340 g/mol. The summed E-state index contributed by atoms with van der Waals surface area (Å²) in [5, 5.41) is 12.6. The van der Waals surface area contributed by atoms with Gasteiger partial charge in [0.15, 0.2) is 0 Å². The fourth-order valence-corrected chi connectivity index (χ4v) is 3.54. The van der Waals surface area contributed by atoms with Crippen molar-refractivity contribution in [3.05, 3.63) is 59.9 Å². The molecule has 1 aliphatic rings. The molecule has 1 heterocycles. The van der Waals surface area contributed by atoms with Gasteiger partial charge in [-0.2, -0.15) is 0 Å². The standard InChI is InChI=1S/C20H24N2O3/c23-18(21-20(19(24)25)12-6-1-2-7-13-20)17-11-8-14-22(17)15-16-9-4-3-5-10-16/h3-5,8-11,14H,1-2,6-7,12-13,15H2,(H,21,23)(H,24,25). The molecule has 2 N–H and O–H groups in total. The van der Waals surface area contributed by atoms with E-state index in [1.807, 2.05) is 47.2 Å². The number of aromatic nitrogens is 1. The molecule has 0 saturated heterocycles. The summed E-state index contributed by atoms with van der Waals surface area (Å²) < 4.78 is 1.86. The zero-order valence-corrected chi connectivity index (χ0v) is 14.3. The van der Waals surface area contributed by atoms with Crippen molar-refractivity contribution in [2.24, 2.45) is 0 Å². The summed E-state index contributed by atoms with van der Waals surface area (Å²) in [5.41, 5.74) is 0.444. The van der Waals surface area contributed by atoms with Crippen molar-refractivity contribution in [1.82, 2.24) is 9.88 Å². The molecule has 0 atom stereocenters. The summed E-state index contributed by atoms with van der Waals surface area (Å²) in [5.74, 6) is -1.24. The zero-order valence-electron chi connectivity index (χ0n) is 14.3. The number of carboxylic acids is 1. The average Bonchev–Trinajstić information content (AvgIpc) is 2.93.